The molecule has 1 aromatic heterocycles. The van der Waals surface area contributed by atoms with Gasteiger partial charge in [0.2, 0.25) is 0 Å². The Kier molecular flexibility index (Phi) is 3.46. The van der Waals surface area contributed by atoms with Crippen molar-refractivity contribution in [2.45, 2.75) is 12.1 Å². The zero-order valence-corrected chi connectivity index (χ0v) is 15.7. The number of hydrogen-bond acceptors (Lipinski definition) is 6. The highest BCUT2D eigenvalue weighted by Crippen LogP contribution is 2.50. The number of aromatic nitrogens is 1. The number of rotatable bonds is 3. The van der Waals surface area contributed by atoms with Gasteiger partial charge in [0.1, 0.15) is 23.3 Å². The van der Waals surface area contributed by atoms with E-state index >= 15 is 0 Å². The van der Waals surface area contributed by atoms with Crippen molar-refractivity contribution < 1.29 is 0 Å². The van der Waals surface area contributed by atoms with Crippen LogP contribution in [0.4, 0.5) is 11.4 Å². The number of H-pyrrole nitrogens is 1. The first kappa shape index (κ1) is 16.8. The van der Waals surface area contributed by atoms with Gasteiger partial charge in [0.15, 0.2) is 0 Å². The van der Waals surface area contributed by atoms with Gasteiger partial charge in [-0.1, -0.05) is 30.3 Å². The molecule has 7 nitrogen and oxygen atoms in total. The Hall–Kier alpha value is -4.13. The maximum Gasteiger partial charge on any atom is 0.131 e. The van der Waals surface area contributed by atoms with Crippen LogP contribution in [0.1, 0.15) is 28.8 Å². The summed E-state index contributed by atoms with van der Waals surface area (Å²) in [6, 6.07) is 18.5. The van der Waals surface area contributed by atoms with Crippen molar-refractivity contribution in [2.75, 3.05) is 0 Å². The van der Waals surface area contributed by atoms with E-state index in [9.17, 15) is 9.81 Å². The van der Waals surface area contributed by atoms with E-state index in [2.05, 4.69) is 26.7 Å². The molecular formula is C23H15N5O2. The summed E-state index contributed by atoms with van der Waals surface area (Å²) < 4.78 is 0. The molecule has 0 radical (unpaired) electrons. The molecule has 3 aromatic carbocycles. The van der Waals surface area contributed by atoms with Gasteiger partial charge >= 0.3 is 0 Å². The van der Waals surface area contributed by atoms with E-state index in [0.29, 0.717) is 11.4 Å². The number of aliphatic imine (C=N–C) groups is 1. The molecule has 0 amide bonds. The molecule has 0 spiro atoms. The maximum atomic E-state index is 11.2. The molecule has 0 saturated heterocycles. The molecule has 1 aliphatic carbocycles. The lowest BCUT2D eigenvalue weighted by molar-refractivity contribution is 0.566. The standard InChI is InChI=1S/C23H15N5O2/c29-27-12-5-7-14-15-8-6-13(28-30)10-18(15)22-21(17(14)9-12)25-23(26-22)19-11-24-20-4-2-1-3-16(19)20/h1-11,21-22,24H,(H,25,26). The van der Waals surface area contributed by atoms with Gasteiger partial charge in [-0.25, -0.2) is 0 Å². The molecule has 0 fully saturated rings. The Morgan fingerprint density at radius 2 is 1.50 bits per heavy atom. The largest absolute Gasteiger partial charge is 0.360 e. The van der Waals surface area contributed by atoms with Crippen molar-refractivity contribution in [3.05, 3.63) is 93.4 Å². The lowest BCUT2D eigenvalue weighted by Gasteiger charge is -2.29. The van der Waals surface area contributed by atoms with Gasteiger partial charge in [-0.15, -0.1) is 9.81 Å². The van der Waals surface area contributed by atoms with Crippen LogP contribution in [0.5, 0.6) is 0 Å². The van der Waals surface area contributed by atoms with Gasteiger partial charge in [0, 0.05) is 22.7 Å². The minimum absolute atomic E-state index is 0.167. The lowest BCUT2D eigenvalue weighted by Crippen LogP contribution is -2.27. The first-order chi connectivity index (χ1) is 14.8. The Morgan fingerprint density at radius 1 is 0.800 bits per heavy atom. The number of nitrogens with one attached hydrogen (secondary N) is 2. The summed E-state index contributed by atoms with van der Waals surface area (Å²) in [6.07, 6.45) is 1.95. The van der Waals surface area contributed by atoms with Crippen LogP contribution in [0.2, 0.25) is 0 Å². The third-order valence-electron chi connectivity index (χ3n) is 5.95. The van der Waals surface area contributed by atoms with Gasteiger partial charge < -0.3 is 10.3 Å². The molecule has 144 valence electrons. The molecule has 30 heavy (non-hydrogen) atoms. The van der Waals surface area contributed by atoms with E-state index in [-0.39, 0.29) is 12.1 Å². The van der Waals surface area contributed by atoms with E-state index in [1.165, 1.54) is 0 Å². The van der Waals surface area contributed by atoms with Gasteiger partial charge in [0.25, 0.3) is 0 Å². The predicted molar refractivity (Wildman–Crippen MR) is 116 cm³/mol. The fraction of sp³-hybridized carbons (Fsp3) is 0.0870. The van der Waals surface area contributed by atoms with Gasteiger partial charge in [-0.3, -0.25) is 4.99 Å². The van der Waals surface area contributed by atoms with Crippen LogP contribution >= 0.6 is 0 Å². The molecular weight excluding hydrogens is 378 g/mol. The monoisotopic (exact) mass is 393 g/mol. The molecule has 4 aromatic rings. The van der Waals surface area contributed by atoms with Crippen LogP contribution in [0.15, 0.2) is 82.2 Å². The second-order valence-corrected chi connectivity index (χ2v) is 7.52. The maximum absolute atomic E-state index is 11.2. The van der Waals surface area contributed by atoms with Crippen molar-refractivity contribution >= 4 is 28.1 Å². The number of fused-ring (bicyclic) bond motifs is 7. The van der Waals surface area contributed by atoms with Crippen LogP contribution in [-0.2, 0) is 0 Å². The molecule has 7 heteroatoms. The Bertz CT molecular complexity index is 1390. The Morgan fingerprint density at radius 3 is 2.27 bits per heavy atom. The number of nitrogens with zero attached hydrogens (tertiary/aromatic N) is 3. The Labute approximate surface area is 170 Å². The van der Waals surface area contributed by atoms with Crippen molar-refractivity contribution in [1.82, 2.24) is 10.3 Å². The molecule has 1 aliphatic heterocycles. The van der Waals surface area contributed by atoms with Crippen LogP contribution in [-0.4, -0.2) is 10.8 Å². The van der Waals surface area contributed by atoms with E-state index in [1.807, 2.05) is 42.6 Å². The summed E-state index contributed by atoms with van der Waals surface area (Å²) in [5.74, 6) is 0.773. The smallest absolute Gasteiger partial charge is 0.131 e. The number of amidine groups is 1. The minimum Gasteiger partial charge on any atom is -0.360 e. The quantitative estimate of drug-likeness (QED) is 0.432. The fourth-order valence-electron chi connectivity index (χ4n) is 4.60. The van der Waals surface area contributed by atoms with Gasteiger partial charge in [0.05, 0.1) is 6.04 Å². The molecule has 0 saturated carbocycles. The first-order valence-electron chi connectivity index (χ1n) is 9.62. The topological polar surface area (TPSA) is 99.0 Å². The molecule has 2 atom stereocenters. The summed E-state index contributed by atoms with van der Waals surface area (Å²) in [7, 11) is 0. The van der Waals surface area contributed by atoms with Crippen molar-refractivity contribution in [3.8, 4) is 11.1 Å². The second kappa shape index (κ2) is 6.18. The average molecular weight is 393 g/mol. The number of benzene rings is 3. The summed E-state index contributed by atoms with van der Waals surface area (Å²) in [6.45, 7) is 0. The molecule has 2 N–H and O–H groups in total. The van der Waals surface area contributed by atoms with E-state index in [4.69, 9.17) is 4.99 Å². The summed E-state index contributed by atoms with van der Waals surface area (Å²) in [5.41, 5.74) is 6.67. The second-order valence-electron chi connectivity index (χ2n) is 7.52. The summed E-state index contributed by atoms with van der Waals surface area (Å²) >= 11 is 0. The van der Waals surface area contributed by atoms with E-state index in [0.717, 1.165) is 44.6 Å². The lowest BCUT2D eigenvalue weighted by atomic mass is 9.79. The highest BCUT2D eigenvalue weighted by molar-refractivity contribution is 6.10. The van der Waals surface area contributed by atoms with Gasteiger partial charge in [-0.05, 0) is 62.9 Å². The van der Waals surface area contributed by atoms with Crippen LogP contribution in [0.25, 0.3) is 22.0 Å². The van der Waals surface area contributed by atoms with Crippen LogP contribution in [0.3, 0.4) is 0 Å². The molecule has 2 heterocycles. The number of hydrogen-bond donors (Lipinski definition) is 2. The molecule has 0 bridgehead atoms. The zero-order valence-electron chi connectivity index (χ0n) is 15.7. The number of aromatic amines is 1. The molecule has 2 aliphatic rings. The minimum atomic E-state index is -0.236. The highest BCUT2D eigenvalue weighted by atomic mass is 16.3. The third-order valence-corrected chi connectivity index (χ3v) is 5.95. The van der Waals surface area contributed by atoms with Crippen LogP contribution < -0.4 is 5.32 Å². The summed E-state index contributed by atoms with van der Waals surface area (Å²) in [4.78, 5) is 30.6. The average Bonchev–Trinajstić information content (AvgIpc) is 3.43. The fourth-order valence-corrected chi connectivity index (χ4v) is 4.60. The predicted octanol–water partition coefficient (Wildman–Crippen LogP) is 5.78. The number of para-hydroxylation sites is 1. The van der Waals surface area contributed by atoms with E-state index < -0.39 is 0 Å². The van der Waals surface area contributed by atoms with Gasteiger partial charge in [-0.2, -0.15) is 0 Å². The molecule has 6 rings (SSSR count). The van der Waals surface area contributed by atoms with Crippen molar-refractivity contribution in [1.29, 1.82) is 0 Å². The Balaban J connectivity index is 1.56. The number of nitroso groups, excluding NO2 is 2. The van der Waals surface area contributed by atoms with E-state index in [1.54, 1.807) is 18.2 Å². The van der Waals surface area contributed by atoms with Crippen molar-refractivity contribution in [2.24, 2.45) is 15.3 Å². The van der Waals surface area contributed by atoms with Crippen LogP contribution in [0, 0.1) is 9.81 Å². The highest BCUT2D eigenvalue weighted by Gasteiger charge is 2.39. The van der Waals surface area contributed by atoms with Crippen molar-refractivity contribution in [3.63, 3.8) is 0 Å². The molecule has 2 unspecified atom stereocenters. The summed E-state index contributed by atoms with van der Waals surface area (Å²) in [5, 5.41) is 10.8. The zero-order chi connectivity index (χ0) is 20.2. The first-order valence-corrected chi connectivity index (χ1v) is 9.62. The SMILES string of the molecule is O=Nc1ccc2c(c1)C1N=C(c3c[nH]c4ccccc34)NC1c1cc(N=O)ccc1-2. The third kappa shape index (κ3) is 2.29. The normalized spacial score (nSPS) is 18.7.